The molecule has 0 N–H and O–H groups in total. The van der Waals surface area contributed by atoms with E-state index in [9.17, 15) is 0 Å². The Hall–Kier alpha value is -0.780. The Morgan fingerprint density at radius 3 is 1.72 bits per heavy atom. The van der Waals surface area contributed by atoms with Crippen molar-refractivity contribution >= 4 is 0 Å². The fourth-order valence-corrected chi connectivity index (χ4v) is 3.30. The van der Waals surface area contributed by atoms with Gasteiger partial charge in [-0.05, 0) is 42.9 Å². The molecular weight excluding hydrogens is 216 g/mol. The largest absolute Gasteiger partial charge is 0.0988 e. The molecule has 0 unspecified atom stereocenters. The highest BCUT2D eigenvalue weighted by atomic mass is 14.6. The molecule has 0 aromatic heterocycles. The number of rotatable bonds is 3. The lowest BCUT2D eigenvalue weighted by atomic mass is 9.71. The van der Waals surface area contributed by atoms with E-state index in [2.05, 4.69) is 67.2 Å². The fourth-order valence-electron chi connectivity index (χ4n) is 3.30. The van der Waals surface area contributed by atoms with E-state index in [0.717, 1.165) is 0 Å². The minimum absolute atomic E-state index is 0.338. The van der Waals surface area contributed by atoms with Crippen LogP contribution in [0.1, 0.15) is 61.3 Å². The molecule has 1 rings (SSSR count). The smallest absolute Gasteiger partial charge is 0.0105 e. The summed E-state index contributed by atoms with van der Waals surface area (Å²) < 4.78 is 0. The van der Waals surface area contributed by atoms with Crippen molar-refractivity contribution < 1.29 is 0 Å². The molecule has 0 aromatic carbocycles. The van der Waals surface area contributed by atoms with Crippen LogP contribution in [0.5, 0.6) is 0 Å². The lowest BCUT2D eigenvalue weighted by Crippen LogP contribution is -2.25. The minimum atomic E-state index is 0.338. The Kier molecular flexibility index (Phi) is 4.00. The van der Waals surface area contributed by atoms with Crippen molar-refractivity contribution in [2.45, 2.75) is 61.3 Å². The first-order valence-corrected chi connectivity index (χ1v) is 7.02. The minimum Gasteiger partial charge on any atom is -0.0988 e. The highest BCUT2D eigenvalue weighted by Crippen LogP contribution is 2.62. The summed E-state index contributed by atoms with van der Waals surface area (Å²) >= 11 is 0. The molecule has 0 bridgehead atoms. The van der Waals surface area contributed by atoms with Gasteiger partial charge in [-0.2, -0.15) is 0 Å². The number of hydrogen-bond donors (Lipinski definition) is 0. The third-order valence-electron chi connectivity index (χ3n) is 5.37. The monoisotopic (exact) mass is 246 g/mol. The molecule has 0 heteroatoms. The second-order valence-corrected chi connectivity index (χ2v) is 7.65. The Morgan fingerprint density at radius 1 is 0.889 bits per heavy atom. The Balaban J connectivity index is 3.01. The van der Waals surface area contributed by atoms with E-state index in [0.29, 0.717) is 16.2 Å². The van der Waals surface area contributed by atoms with Gasteiger partial charge in [0.15, 0.2) is 0 Å². The van der Waals surface area contributed by atoms with Gasteiger partial charge in [0.2, 0.25) is 0 Å². The van der Waals surface area contributed by atoms with Crippen LogP contribution in [0.3, 0.4) is 0 Å². The summed E-state index contributed by atoms with van der Waals surface area (Å²) in [6, 6.07) is 0. The molecule has 0 aliphatic heterocycles. The number of allylic oxidation sites excluding steroid dienone is 5. The second-order valence-electron chi connectivity index (χ2n) is 7.65. The van der Waals surface area contributed by atoms with Crippen molar-refractivity contribution in [3.63, 3.8) is 0 Å². The molecule has 102 valence electrons. The van der Waals surface area contributed by atoms with Gasteiger partial charge in [-0.25, -0.2) is 0 Å². The average molecular weight is 246 g/mol. The molecule has 1 fully saturated rings. The molecule has 18 heavy (non-hydrogen) atoms. The summed E-state index contributed by atoms with van der Waals surface area (Å²) in [5.41, 5.74) is 3.89. The molecule has 1 aliphatic carbocycles. The summed E-state index contributed by atoms with van der Waals surface area (Å²) in [5.74, 6) is 0. The van der Waals surface area contributed by atoms with Crippen molar-refractivity contribution in [1.29, 1.82) is 0 Å². The van der Waals surface area contributed by atoms with E-state index in [1.807, 2.05) is 6.08 Å². The predicted molar refractivity (Wildman–Crippen MR) is 82.6 cm³/mol. The van der Waals surface area contributed by atoms with Gasteiger partial charge in [0, 0.05) is 0 Å². The first kappa shape index (κ1) is 15.3. The Labute approximate surface area is 114 Å². The Morgan fingerprint density at radius 2 is 1.33 bits per heavy atom. The quantitative estimate of drug-likeness (QED) is 0.542. The molecule has 1 saturated carbocycles. The van der Waals surface area contributed by atoms with Crippen molar-refractivity contribution in [3.8, 4) is 0 Å². The maximum Gasteiger partial charge on any atom is -0.0105 e. The highest BCUT2D eigenvalue weighted by Gasteiger charge is 2.52. The standard InChI is InChI=1S/C18H30/c1-9-14(2)10-11-15(3)18(8)12-16(4,5)17(6,7)13-18/h9-11H,1,12-13H2,2-8H3/b14-10-,15-11+. The summed E-state index contributed by atoms with van der Waals surface area (Å²) in [7, 11) is 0. The van der Waals surface area contributed by atoms with Gasteiger partial charge in [-0.15, -0.1) is 0 Å². The molecule has 0 heterocycles. The van der Waals surface area contributed by atoms with Gasteiger partial charge in [0.1, 0.15) is 0 Å². The van der Waals surface area contributed by atoms with Gasteiger partial charge < -0.3 is 0 Å². The van der Waals surface area contributed by atoms with Crippen LogP contribution in [0.25, 0.3) is 0 Å². The SMILES string of the molecule is C=C/C(C)=C\C=C(/C)C1(C)CC(C)(C)C(C)(C)C1. The van der Waals surface area contributed by atoms with E-state index in [1.54, 1.807) is 0 Å². The zero-order valence-electron chi connectivity index (χ0n) is 13.4. The van der Waals surface area contributed by atoms with Gasteiger partial charge in [0.25, 0.3) is 0 Å². The first-order valence-electron chi connectivity index (χ1n) is 7.02. The van der Waals surface area contributed by atoms with Crippen molar-refractivity contribution in [3.05, 3.63) is 36.0 Å². The maximum absolute atomic E-state index is 3.80. The molecule has 0 nitrogen and oxygen atoms in total. The molecule has 0 amide bonds. The third kappa shape index (κ3) is 2.79. The molecular formula is C18H30. The van der Waals surface area contributed by atoms with Crippen LogP contribution in [0.2, 0.25) is 0 Å². The third-order valence-corrected chi connectivity index (χ3v) is 5.37. The first-order chi connectivity index (χ1) is 8.04. The summed E-state index contributed by atoms with van der Waals surface area (Å²) in [6.07, 6.45) is 8.93. The maximum atomic E-state index is 3.80. The van der Waals surface area contributed by atoms with Gasteiger partial charge in [0.05, 0.1) is 0 Å². The summed E-state index contributed by atoms with van der Waals surface area (Å²) in [6.45, 7) is 20.3. The molecule has 0 spiro atoms. The van der Waals surface area contributed by atoms with Crippen LogP contribution in [0.15, 0.2) is 36.0 Å². The normalized spacial score (nSPS) is 26.2. The van der Waals surface area contributed by atoms with Gasteiger partial charge in [-0.1, -0.05) is 70.6 Å². The lowest BCUT2D eigenvalue weighted by Gasteiger charge is -2.34. The Bertz CT molecular complexity index is 372. The fraction of sp³-hybridized carbons (Fsp3) is 0.667. The predicted octanol–water partition coefficient (Wildman–Crippen LogP) is 5.92. The van der Waals surface area contributed by atoms with Crippen LogP contribution < -0.4 is 0 Å². The molecule has 0 radical (unpaired) electrons. The van der Waals surface area contributed by atoms with Crippen LogP contribution in [0.4, 0.5) is 0 Å². The lowest BCUT2D eigenvalue weighted by molar-refractivity contribution is 0.157. The van der Waals surface area contributed by atoms with Crippen LogP contribution in [-0.2, 0) is 0 Å². The zero-order valence-corrected chi connectivity index (χ0v) is 13.4. The van der Waals surface area contributed by atoms with Crippen LogP contribution >= 0.6 is 0 Å². The van der Waals surface area contributed by atoms with E-state index in [4.69, 9.17) is 0 Å². The topological polar surface area (TPSA) is 0 Å². The highest BCUT2D eigenvalue weighted by molar-refractivity contribution is 5.27. The second kappa shape index (κ2) is 4.72. The van der Waals surface area contributed by atoms with E-state index in [1.165, 1.54) is 24.0 Å². The van der Waals surface area contributed by atoms with Crippen LogP contribution in [-0.4, -0.2) is 0 Å². The van der Waals surface area contributed by atoms with E-state index >= 15 is 0 Å². The molecule has 0 atom stereocenters. The average Bonchev–Trinajstić information content (AvgIpc) is 2.39. The molecule has 0 saturated heterocycles. The summed E-state index contributed by atoms with van der Waals surface area (Å²) in [4.78, 5) is 0. The van der Waals surface area contributed by atoms with Crippen molar-refractivity contribution in [1.82, 2.24) is 0 Å². The molecule has 0 aromatic rings. The molecule has 1 aliphatic rings. The number of hydrogen-bond acceptors (Lipinski definition) is 0. The van der Waals surface area contributed by atoms with Gasteiger partial charge in [-0.3, -0.25) is 0 Å². The van der Waals surface area contributed by atoms with E-state index in [-0.39, 0.29) is 0 Å². The zero-order chi connectivity index (χ0) is 14.2. The summed E-state index contributed by atoms with van der Waals surface area (Å²) in [5, 5.41) is 0. The van der Waals surface area contributed by atoms with Gasteiger partial charge >= 0.3 is 0 Å². The van der Waals surface area contributed by atoms with E-state index < -0.39 is 0 Å². The van der Waals surface area contributed by atoms with Crippen molar-refractivity contribution in [2.24, 2.45) is 16.2 Å². The van der Waals surface area contributed by atoms with Crippen molar-refractivity contribution in [2.75, 3.05) is 0 Å². The van der Waals surface area contributed by atoms with Crippen LogP contribution in [0, 0.1) is 16.2 Å².